The molecule has 1 heterocycles. The highest BCUT2D eigenvalue weighted by Gasteiger charge is 2.13. The summed E-state index contributed by atoms with van der Waals surface area (Å²) in [5.41, 5.74) is 5.78. The molecule has 0 atom stereocenters. The van der Waals surface area contributed by atoms with Crippen molar-refractivity contribution in [2.75, 3.05) is 13.3 Å². The summed E-state index contributed by atoms with van der Waals surface area (Å²) >= 11 is 0. The van der Waals surface area contributed by atoms with E-state index in [9.17, 15) is 9.59 Å². The van der Waals surface area contributed by atoms with Gasteiger partial charge in [0.15, 0.2) is 6.73 Å². The molecule has 1 aliphatic heterocycles. The minimum absolute atomic E-state index is 0. The second-order valence-electron chi connectivity index (χ2n) is 7.08. The van der Waals surface area contributed by atoms with Gasteiger partial charge in [-0.15, -0.1) is 12.4 Å². The molecule has 27 heavy (non-hydrogen) atoms. The second-order valence-corrected chi connectivity index (χ2v) is 7.08. The van der Waals surface area contributed by atoms with Crippen LogP contribution in [-0.2, 0) is 14.3 Å². The maximum absolute atomic E-state index is 11.8. The van der Waals surface area contributed by atoms with E-state index in [0.717, 1.165) is 12.8 Å². The average molecular weight is 401 g/mol. The zero-order chi connectivity index (χ0) is 19.0. The molecule has 0 bridgehead atoms. The standard InChI is InChI=1S/C21H36N2O3.ClH/c1-2-3-4-5-6-7-8-9-10-11-12-15-20(24)26-18-23-16-13-14-19(17-23)21(22)25;/h13-14,16H,2-12,15,17-18H2,1H3,(H2,22,25);1H. The van der Waals surface area contributed by atoms with Crippen LogP contribution >= 0.6 is 12.4 Å². The molecular formula is C21H37ClN2O3. The predicted molar refractivity (Wildman–Crippen MR) is 112 cm³/mol. The van der Waals surface area contributed by atoms with Gasteiger partial charge in [-0.3, -0.25) is 9.59 Å². The lowest BCUT2D eigenvalue weighted by Gasteiger charge is -2.22. The van der Waals surface area contributed by atoms with Crippen molar-refractivity contribution in [2.45, 2.75) is 84.0 Å². The molecule has 156 valence electrons. The molecule has 0 spiro atoms. The largest absolute Gasteiger partial charge is 0.444 e. The van der Waals surface area contributed by atoms with Crippen LogP contribution in [0.4, 0.5) is 0 Å². The number of allylic oxidation sites excluding steroid dienone is 2. The quantitative estimate of drug-likeness (QED) is 0.315. The predicted octanol–water partition coefficient (Wildman–Crippen LogP) is 4.85. The summed E-state index contributed by atoms with van der Waals surface area (Å²) in [6, 6.07) is 0. The number of ether oxygens (including phenoxy) is 1. The number of nitrogens with zero attached hydrogens (tertiary/aromatic N) is 1. The van der Waals surface area contributed by atoms with E-state index in [4.69, 9.17) is 10.5 Å². The van der Waals surface area contributed by atoms with Crippen molar-refractivity contribution in [3.63, 3.8) is 0 Å². The second kappa shape index (κ2) is 16.7. The monoisotopic (exact) mass is 400 g/mol. The molecule has 0 aromatic rings. The zero-order valence-corrected chi connectivity index (χ0v) is 17.6. The van der Waals surface area contributed by atoms with E-state index in [0.29, 0.717) is 18.5 Å². The number of hydrogen-bond acceptors (Lipinski definition) is 4. The van der Waals surface area contributed by atoms with Crippen molar-refractivity contribution in [1.82, 2.24) is 4.90 Å². The number of hydrogen-bond donors (Lipinski definition) is 1. The van der Waals surface area contributed by atoms with Gasteiger partial charge in [-0.05, 0) is 12.5 Å². The van der Waals surface area contributed by atoms with Crippen molar-refractivity contribution in [3.05, 3.63) is 23.9 Å². The number of carbonyl (C=O) groups excluding carboxylic acids is 2. The van der Waals surface area contributed by atoms with Crippen LogP contribution in [0, 0.1) is 0 Å². The fraction of sp³-hybridized carbons (Fsp3) is 0.714. The normalized spacial score (nSPS) is 13.1. The Morgan fingerprint density at radius 3 is 2.11 bits per heavy atom. The van der Waals surface area contributed by atoms with Crippen LogP contribution in [0.3, 0.4) is 0 Å². The number of amides is 1. The molecule has 0 fully saturated rings. The first-order chi connectivity index (χ1) is 12.6. The summed E-state index contributed by atoms with van der Waals surface area (Å²) in [5.74, 6) is -0.615. The molecule has 1 aliphatic rings. The van der Waals surface area contributed by atoms with Crippen LogP contribution in [0.15, 0.2) is 23.9 Å². The van der Waals surface area contributed by atoms with E-state index in [-0.39, 0.29) is 25.1 Å². The molecule has 0 aromatic carbocycles. The Morgan fingerprint density at radius 1 is 1.00 bits per heavy atom. The molecule has 2 N–H and O–H groups in total. The fourth-order valence-corrected chi connectivity index (χ4v) is 3.01. The van der Waals surface area contributed by atoms with E-state index in [1.807, 2.05) is 0 Å². The molecule has 1 rings (SSSR count). The Kier molecular flexibility index (Phi) is 15.7. The number of primary amides is 1. The van der Waals surface area contributed by atoms with E-state index in [1.54, 1.807) is 23.3 Å². The van der Waals surface area contributed by atoms with Gasteiger partial charge in [-0.2, -0.15) is 0 Å². The number of unbranched alkanes of at least 4 members (excludes halogenated alkanes) is 10. The highest BCUT2D eigenvalue weighted by atomic mass is 35.5. The van der Waals surface area contributed by atoms with Gasteiger partial charge in [0.25, 0.3) is 0 Å². The van der Waals surface area contributed by atoms with Gasteiger partial charge < -0.3 is 15.4 Å². The lowest BCUT2D eigenvalue weighted by atomic mass is 10.1. The summed E-state index contributed by atoms with van der Waals surface area (Å²) in [7, 11) is 0. The zero-order valence-electron chi connectivity index (χ0n) is 16.8. The van der Waals surface area contributed by atoms with Gasteiger partial charge in [-0.25, -0.2) is 0 Å². The summed E-state index contributed by atoms with van der Waals surface area (Å²) < 4.78 is 5.26. The average Bonchev–Trinajstić information content (AvgIpc) is 2.64. The molecular weight excluding hydrogens is 364 g/mol. The van der Waals surface area contributed by atoms with Gasteiger partial charge in [0.2, 0.25) is 5.91 Å². The van der Waals surface area contributed by atoms with Gasteiger partial charge in [-0.1, -0.05) is 77.2 Å². The Morgan fingerprint density at radius 2 is 1.56 bits per heavy atom. The molecule has 5 nitrogen and oxygen atoms in total. The van der Waals surface area contributed by atoms with Gasteiger partial charge in [0.1, 0.15) is 0 Å². The third kappa shape index (κ3) is 13.3. The summed E-state index contributed by atoms with van der Waals surface area (Å²) in [6.07, 6.45) is 19.6. The molecule has 6 heteroatoms. The maximum atomic E-state index is 11.8. The topological polar surface area (TPSA) is 72.6 Å². The molecule has 0 aliphatic carbocycles. The van der Waals surface area contributed by atoms with Gasteiger partial charge >= 0.3 is 5.97 Å². The molecule has 0 aromatic heterocycles. The highest BCUT2D eigenvalue weighted by molar-refractivity contribution is 5.92. The first-order valence-electron chi connectivity index (χ1n) is 10.2. The van der Waals surface area contributed by atoms with Crippen LogP contribution in [0.1, 0.15) is 84.0 Å². The van der Waals surface area contributed by atoms with Gasteiger partial charge in [0, 0.05) is 18.2 Å². The SMILES string of the molecule is CCCCCCCCCCCCCC(=O)OCN1C=CC=C(C(N)=O)C1.Cl. The molecule has 0 saturated carbocycles. The van der Waals surface area contributed by atoms with Crippen LogP contribution in [-0.4, -0.2) is 30.1 Å². The van der Waals surface area contributed by atoms with Crippen molar-refractivity contribution >= 4 is 24.3 Å². The Bertz CT molecular complexity index is 478. The van der Waals surface area contributed by atoms with Crippen molar-refractivity contribution in [2.24, 2.45) is 5.73 Å². The molecule has 0 unspecified atom stereocenters. The Balaban J connectivity index is 0.00000676. The Hall–Kier alpha value is -1.49. The smallest absolute Gasteiger partial charge is 0.307 e. The number of esters is 1. The first kappa shape index (κ1) is 25.5. The third-order valence-electron chi connectivity index (χ3n) is 4.66. The number of rotatable bonds is 15. The highest BCUT2D eigenvalue weighted by Crippen LogP contribution is 2.12. The summed E-state index contributed by atoms with van der Waals surface area (Å²) in [4.78, 5) is 24.7. The maximum Gasteiger partial charge on any atom is 0.307 e. The van der Waals surface area contributed by atoms with Crippen molar-refractivity contribution in [3.8, 4) is 0 Å². The van der Waals surface area contributed by atoms with E-state index < -0.39 is 5.91 Å². The number of halogens is 1. The molecule has 0 saturated heterocycles. The van der Waals surface area contributed by atoms with Crippen LogP contribution < -0.4 is 5.73 Å². The lowest BCUT2D eigenvalue weighted by Crippen LogP contribution is -2.31. The summed E-state index contributed by atoms with van der Waals surface area (Å²) in [6.45, 7) is 2.80. The van der Waals surface area contributed by atoms with Gasteiger partial charge in [0.05, 0.1) is 6.54 Å². The van der Waals surface area contributed by atoms with E-state index in [2.05, 4.69) is 6.92 Å². The van der Waals surface area contributed by atoms with Crippen LogP contribution in [0.2, 0.25) is 0 Å². The third-order valence-corrected chi connectivity index (χ3v) is 4.66. The first-order valence-corrected chi connectivity index (χ1v) is 10.2. The Labute approximate surface area is 170 Å². The van der Waals surface area contributed by atoms with E-state index >= 15 is 0 Å². The molecule has 1 amide bonds. The minimum atomic E-state index is -0.438. The molecule has 0 radical (unpaired) electrons. The minimum Gasteiger partial charge on any atom is -0.444 e. The fourth-order valence-electron chi connectivity index (χ4n) is 3.01. The van der Waals surface area contributed by atoms with E-state index in [1.165, 1.54) is 57.8 Å². The van der Waals surface area contributed by atoms with Crippen LogP contribution in [0.5, 0.6) is 0 Å². The number of carbonyl (C=O) groups is 2. The summed E-state index contributed by atoms with van der Waals surface area (Å²) in [5, 5.41) is 0. The van der Waals surface area contributed by atoms with Crippen LogP contribution in [0.25, 0.3) is 0 Å². The van der Waals surface area contributed by atoms with Crippen molar-refractivity contribution in [1.29, 1.82) is 0 Å². The van der Waals surface area contributed by atoms with Crippen molar-refractivity contribution < 1.29 is 14.3 Å². The number of nitrogens with two attached hydrogens (primary N) is 1. The lowest BCUT2D eigenvalue weighted by molar-refractivity contribution is -0.147.